The van der Waals surface area contributed by atoms with Crippen LogP contribution >= 0.6 is 0 Å². The third-order valence-corrected chi connectivity index (χ3v) is 3.41. The molecule has 0 aromatic rings. The molecule has 1 saturated heterocycles. The molecule has 17 heavy (non-hydrogen) atoms. The maximum absolute atomic E-state index is 10.8. The van der Waals surface area contributed by atoms with E-state index in [0.717, 1.165) is 45.6 Å². The van der Waals surface area contributed by atoms with E-state index < -0.39 is 0 Å². The standard InChI is InChI=1S/C12H25N3O2/c1-3-12(13,5-4-6-14-11(2)16)15-7-9-17-10-8-15/h3-10,13H2,1-2H3,(H,14,16). The molecule has 100 valence electrons. The van der Waals surface area contributed by atoms with Crippen LogP contribution < -0.4 is 11.1 Å². The summed E-state index contributed by atoms with van der Waals surface area (Å²) in [4.78, 5) is 13.1. The second-order valence-corrected chi connectivity index (χ2v) is 4.64. The Morgan fingerprint density at radius 3 is 2.65 bits per heavy atom. The first-order valence-corrected chi connectivity index (χ1v) is 6.44. The van der Waals surface area contributed by atoms with Crippen LogP contribution in [0.4, 0.5) is 0 Å². The Balaban J connectivity index is 2.35. The molecular weight excluding hydrogens is 218 g/mol. The van der Waals surface area contributed by atoms with E-state index in [1.54, 1.807) is 0 Å². The number of amides is 1. The van der Waals surface area contributed by atoms with Gasteiger partial charge in [0.15, 0.2) is 0 Å². The first kappa shape index (κ1) is 14.4. The van der Waals surface area contributed by atoms with Crippen LogP contribution in [0, 0.1) is 0 Å². The summed E-state index contributed by atoms with van der Waals surface area (Å²) in [5.41, 5.74) is 6.20. The van der Waals surface area contributed by atoms with Crippen molar-refractivity contribution in [1.82, 2.24) is 10.2 Å². The lowest BCUT2D eigenvalue weighted by molar-refractivity contribution is -0.119. The topological polar surface area (TPSA) is 67.6 Å². The summed E-state index contributed by atoms with van der Waals surface area (Å²) in [6, 6.07) is 0. The highest BCUT2D eigenvalue weighted by Crippen LogP contribution is 2.20. The van der Waals surface area contributed by atoms with E-state index in [1.807, 2.05) is 0 Å². The zero-order chi connectivity index (χ0) is 12.7. The van der Waals surface area contributed by atoms with Crippen LogP contribution in [-0.4, -0.2) is 49.3 Å². The van der Waals surface area contributed by atoms with Crippen LogP contribution in [0.1, 0.15) is 33.1 Å². The quantitative estimate of drug-likeness (QED) is 0.658. The SMILES string of the molecule is CCC(N)(CCCNC(C)=O)N1CCOCC1. The number of nitrogens with one attached hydrogen (secondary N) is 1. The fourth-order valence-electron chi connectivity index (χ4n) is 2.23. The highest BCUT2D eigenvalue weighted by Gasteiger charge is 2.31. The Morgan fingerprint density at radius 1 is 1.47 bits per heavy atom. The van der Waals surface area contributed by atoms with Gasteiger partial charge in [-0.25, -0.2) is 0 Å². The lowest BCUT2D eigenvalue weighted by Gasteiger charge is -2.42. The summed E-state index contributed by atoms with van der Waals surface area (Å²) in [6.07, 6.45) is 2.75. The molecule has 0 aromatic carbocycles. The van der Waals surface area contributed by atoms with E-state index in [9.17, 15) is 4.79 Å². The van der Waals surface area contributed by atoms with Gasteiger partial charge in [-0.15, -0.1) is 0 Å². The Kier molecular flexibility index (Phi) is 5.88. The molecular formula is C12H25N3O2. The predicted octanol–water partition coefficient (Wildman–Crippen LogP) is 0.300. The molecule has 1 rings (SSSR count). The number of ether oxygens (including phenoxy) is 1. The Bertz CT molecular complexity index is 242. The lowest BCUT2D eigenvalue weighted by atomic mass is 9.98. The van der Waals surface area contributed by atoms with Gasteiger partial charge in [-0.1, -0.05) is 6.92 Å². The molecule has 0 radical (unpaired) electrons. The molecule has 5 heteroatoms. The first-order chi connectivity index (χ1) is 8.08. The van der Waals surface area contributed by atoms with Crippen LogP contribution in [0.2, 0.25) is 0 Å². The summed E-state index contributed by atoms with van der Waals surface area (Å²) in [6.45, 7) is 7.72. The van der Waals surface area contributed by atoms with E-state index >= 15 is 0 Å². The fraction of sp³-hybridized carbons (Fsp3) is 0.917. The second kappa shape index (κ2) is 6.93. The fourth-order valence-corrected chi connectivity index (χ4v) is 2.23. The van der Waals surface area contributed by atoms with Crippen molar-refractivity contribution >= 4 is 5.91 Å². The molecule has 1 unspecified atom stereocenters. The highest BCUT2D eigenvalue weighted by atomic mass is 16.5. The number of hydrogen-bond donors (Lipinski definition) is 2. The maximum atomic E-state index is 10.8. The first-order valence-electron chi connectivity index (χ1n) is 6.44. The van der Waals surface area contributed by atoms with Crippen molar-refractivity contribution in [2.45, 2.75) is 38.8 Å². The van der Waals surface area contributed by atoms with E-state index in [-0.39, 0.29) is 11.6 Å². The lowest BCUT2D eigenvalue weighted by Crippen LogP contribution is -2.59. The smallest absolute Gasteiger partial charge is 0.216 e. The number of carbonyl (C=O) groups is 1. The van der Waals surface area contributed by atoms with Gasteiger partial charge in [0.1, 0.15) is 0 Å². The van der Waals surface area contributed by atoms with Crippen LogP contribution in [0.25, 0.3) is 0 Å². The van der Waals surface area contributed by atoms with Crippen molar-refractivity contribution < 1.29 is 9.53 Å². The maximum Gasteiger partial charge on any atom is 0.216 e. The molecule has 0 aromatic heterocycles. The van der Waals surface area contributed by atoms with Crippen LogP contribution in [0.3, 0.4) is 0 Å². The van der Waals surface area contributed by atoms with Crippen LogP contribution in [0.15, 0.2) is 0 Å². The van der Waals surface area contributed by atoms with E-state index in [1.165, 1.54) is 6.92 Å². The van der Waals surface area contributed by atoms with Gasteiger partial charge in [0.2, 0.25) is 5.91 Å². The predicted molar refractivity (Wildman–Crippen MR) is 67.5 cm³/mol. The molecule has 0 saturated carbocycles. The Morgan fingerprint density at radius 2 is 2.12 bits per heavy atom. The minimum Gasteiger partial charge on any atom is -0.379 e. The Hall–Kier alpha value is -0.650. The normalized spacial score (nSPS) is 20.9. The number of nitrogens with two attached hydrogens (primary N) is 1. The number of morpholine rings is 1. The molecule has 0 spiro atoms. The molecule has 1 aliphatic rings. The Labute approximate surface area is 104 Å². The number of rotatable bonds is 6. The molecule has 0 bridgehead atoms. The van der Waals surface area contributed by atoms with Crippen LogP contribution in [-0.2, 0) is 9.53 Å². The number of carbonyl (C=O) groups excluding carboxylic acids is 1. The minimum atomic E-state index is -0.248. The van der Waals surface area contributed by atoms with Gasteiger partial charge in [-0.2, -0.15) is 0 Å². The van der Waals surface area contributed by atoms with Crippen LogP contribution in [0.5, 0.6) is 0 Å². The zero-order valence-corrected chi connectivity index (χ0v) is 11.0. The average molecular weight is 243 g/mol. The molecule has 1 fully saturated rings. The van der Waals surface area contributed by atoms with Gasteiger partial charge >= 0.3 is 0 Å². The van der Waals surface area contributed by atoms with Crippen molar-refractivity contribution in [3.05, 3.63) is 0 Å². The van der Waals surface area contributed by atoms with Gasteiger partial charge in [-0.05, 0) is 19.3 Å². The number of nitrogens with zero attached hydrogens (tertiary/aromatic N) is 1. The van der Waals surface area contributed by atoms with Crippen molar-refractivity contribution in [1.29, 1.82) is 0 Å². The summed E-state index contributed by atoms with van der Waals surface area (Å²) in [5.74, 6) is 0.0236. The van der Waals surface area contributed by atoms with Gasteiger partial charge in [-0.3, -0.25) is 9.69 Å². The van der Waals surface area contributed by atoms with Crippen molar-refractivity contribution in [3.8, 4) is 0 Å². The summed E-state index contributed by atoms with van der Waals surface area (Å²) in [7, 11) is 0. The molecule has 3 N–H and O–H groups in total. The summed E-state index contributed by atoms with van der Waals surface area (Å²) >= 11 is 0. The molecule has 0 aliphatic carbocycles. The van der Waals surface area contributed by atoms with Crippen molar-refractivity contribution in [3.63, 3.8) is 0 Å². The molecule has 1 atom stereocenters. The third-order valence-electron chi connectivity index (χ3n) is 3.41. The largest absolute Gasteiger partial charge is 0.379 e. The minimum absolute atomic E-state index is 0.0236. The van der Waals surface area contributed by atoms with Gasteiger partial charge in [0.05, 0.1) is 18.9 Å². The highest BCUT2D eigenvalue weighted by molar-refractivity contribution is 5.72. The third kappa shape index (κ3) is 4.61. The summed E-state index contributed by atoms with van der Waals surface area (Å²) in [5, 5.41) is 2.81. The molecule has 5 nitrogen and oxygen atoms in total. The second-order valence-electron chi connectivity index (χ2n) is 4.64. The number of hydrogen-bond acceptors (Lipinski definition) is 4. The molecule has 1 aliphatic heterocycles. The monoisotopic (exact) mass is 243 g/mol. The average Bonchev–Trinajstić information content (AvgIpc) is 2.35. The van der Waals surface area contributed by atoms with Crippen molar-refractivity contribution in [2.24, 2.45) is 5.73 Å². The van der Waals surface area contributed by atoms with E-state index in [0.29, 0.717) is 6.54 Å². The zero-order valence-electron chi connectivity index (χ0n) is 11.0. The van der Waals surface area contributed by atoms with E-state index in [4.69, 9.17) is 10.5 Å². The van der Waals surface area contributed by atoms with Crippen molar-refractivity contribution in [2.75, 3.05) is 32.8 Å². The van der Waals surface area contributed by atoms with Gasteiger partial charge in [0.25, 0.3) is 0 Å². The van der Waals surface area contributed by atoms with Gasteiger partial charge < -0.3 is 15.8 Å². The van der Waals surface area contributed by atoms with Gasteiger partial charge in [0, 0.05) is 26.6 Å². The summed E-state index contributed by atoms with van der Waals surface area (Å²) < 4.78 is 5.34. The molecule has 1 heterocycles. The molecule has 1 amide bonds. The van der Waals surface area contributed by atoms with E-state index in [2.05, 4.69) is 17.1 Å².